The third-order valence-corrected chi connectivity index (χ3v) is 3.97. The van der Waals surface area contributed by atoms with Crippen LogP contribution in [0.4, 0.5) is 4.39 Å². The second kappa shape index (κ2) is 6.80. The summed E-state index contributed by atoms with van der Waals surface area (Å²) in [4.78, 5) is 25.1. The SMILES string of the molecule is O=C(O)c1ccc(C(=O)N2CCO[C@H](c3ccc(F)cc3)C2)cc1. The predicted molar refractivity (Wildman–Crippen MR) is 84.4 cm³/mol. The zero-order valence-electron chi connectivity index (χ0n) is 12.8. The molecule has 1 aliphatic rings. The molecule has 0 saturated carbocycles. The van der Waals surface area contributed by atoms with E-state index in [4.69, 9.17) is 9.84 Å². The number of carbonyl (C=O) groups is 2. The molecule has 1 amide bonds. The molecule has 0 unspecified atom stereocenters. The van der Waals surface area contributed by atoms with Gasteiger partial charge in [0.1, 0.15) is 11.9 Å². The first-order valence-electron chi connectivity index (χ1n) is 7.54. The van der Waals surface area contributed by atoms with Gasteiger partial charge in [-0.1, -0.05) is 12.1 Å². The van der Waals surface area contributed by atoms with Crippen LogP contribution in [-0.2, 0) is 4.74 Å². The minimum Gasteiger partial charge on any atom is -0.478 e. The van der Waals surface area contributed by atoms with E-state index in [1.807, 2.05) is 0 Å². The minimum atomic E-state index is -1.03. The molecule has 0 spiro atoms. The number of aromatic carboxylic acids is 1. The Labute approximate surface area is 138 Å². The third kappa shape index (κ3) is 3.44. The Hall–Kier alpha value is -2.73. The summed E-state index contributed by atoms with van der Waals surface area (Å²) in [5.74, 6) is -1.53. The highest BCUT2D eigenvalue weighted by Crippen LogP contribution is 2.23. The molecule has 3 rings (SSSR count). The van der Waals surface area contributed by atoms with Crippen molar-refractivity contribution in [1.29, 1.82) is 0 Å². The van der Waals surface area contributed by atoms with Crippen LogP contribution < -0.4 is 0 Å². The number of carboxylic acid groups (broad SMARTS) is 1. The van der Waals surface area contributed by atoms with Gasteiger partial charge in [-0.15, -0.1) is 0 Å². The molecule has 1 aliphatic heterocycles. The van der Waals surface area contributed by atoms with E-state index >= 15 is 0 Å². The number of nitrogens with zero attached hydrogens (tertiary/aromatic N) is 1. The van der Waals surface area contributed by atoms with Crippen molar-refractivity contribution in [2.75, 3.05) is 19.7 Å². The predicted octanol–water partition coefficient (Wildman–Crippen LogP) is 2.74. The number of ether oxygens (including phenoxy) is 1. The van der Waals surface area contributed by atoms with Crippen LogP contribution in [0, 0.1) is 5.82 Å². The molecule has 124 valence electrons. The van der Waals surface area contributed by atoms with Crippen molar-refractivity contribution in [3.05, 3.63) is 71.0 Å². The Morgan fingerprint density at radius 1 is 1.04 bits per heavy atom. The highest BCUT2D eigenvalue weighted by atomic mass is 19.1. The second-order valence-electron chi connectivity index (χ2n) is 5.54. The van der Waals surface area contributed by atoms with E-state index in [1.54, 1.807) is 17.0 Å². The van der Waals surface area contributed by atoms with Crippen molar-refractivity contribution in [3.8, 4) is 0 Å². The van der Waals surface area contributed by atoms with Crippen molar-refractivity contribution < 1.29 is 23.8 Å². The number of hydrogen-bond acceptors (Lipinski definition) is 3. The fourth-order valence-electron chi connectivity index (χ4n) is 2.65. The molecule has 6 heteroatoms. The van der Waals surface area contributed by atoms with E-state index < -0.39 is 5.97 Å². The Balaban J connectivity index is 1.72. The quantitative estimate of drug-likeness (QED) is 0.940. The molecule has 1 fully saturated rings. The monoisotopic (exact) mass is 329 g/mol. The summed E-state index contributed by atoms with van der Waals surface area (Å²) in [6, 6.07) is 11.9. The van der Waals surface area contributed by atoms with Gasteiger partial charge in [-0.2, -0.15) is 0 Å². The van der Waals surface area contributed by atoms with Gasteiger partial charge in [0.05, 0.1) is 18.7 Å². The van der Waals surface area contributed by atoms with Gasteiger partial charge in [0.25, 0.3) is 5.91 Å². The molecule has 0 aliphatic carbocycles. The number of carbonyl (C=O) groups excluding carboxylic acids is 1. The summed E-state index contributed by atoms with van der Waals surface area (Å²) in [7, 11) is 0. The highest BCUT2D eigenvalue weighted by Gasteiger charge is 2.26. The molecule has 1 saturated heterocycles. The van der Waals surface area contributed by atoms with E-state index in [9.17, 15) is 14.0 Å². The first kappa shape index (κ1) is 16.1. The standard InChI is InChI=1S/C18H16FNO4/c19-15-7-5-12(6-8-15)16-11-20(9-10-24-16)17(21)13-1-3-14(4-2-13)18(22)23/h1-8,16H,9-11H2,(H,22,23)/t16-/m0/s1. The van der Waals surface area contributed by atoms with Gasteiger partial charge < -0.3 is 14.7 Å². The smallest absolute Gasteiger partial charge is 0.335 e. The average molecular weight is 329 g/mol. The maximum absolute atomic E-state index is 13.0. The summed E-state index contributed by atoms with van der Waals surface area (Å²) in [6.45, 7) is 1.21. The van der Waals surface area contributed by atoms with Gasteiger partial charge in [-0.25, -0.2) is 9.18 Å². The summed E-state index contributed by atoms with van der Waals surface area (Å²) < 4.78 is 18.7. The lowest BCUT2D eigenvalue weighted by molar-refractivity contribution is -0.0228. The maximum atomic E-state index is 13.0. The number of rotatable bonds is 3. The Morgan fingerprint density at radius 2 is 1.67 bits per heavy atom. The number of hydrogen-bond donors (Lipinski definition) is 1. The van der Waals surface area contributed by atoms with Gasteiger partial charge in [0.2, 0.25) is 0 Å². The molecule has 0 aromatic heterocycles. The molecule has 1 atom stereocenters. The fraction of sp³-hybridized carbons (Fsp3) is 0.222. The van der Waals surface area contributed by atoms with Gasteiger partial charge in [0, 0.05) is 12.1 Å². The lowest BCUT2D eigenvalue weighted by Gasteiger charge is -2.33. The average Bonchev–Trinajstić information content (AvgIpc) is 2.62. The number of morpholine rings is 1. The normalized spacial score (nSPS) is 17.5. The molecule has 2 aromatic rings. The van der Waals surface area contributed by atoms with Gasteiger partial charge in [0.15, 0.2) is 0 Å². The molecule has 24 heavy (non-hydrogen) atoms. The van der Waals surface area contributed by atoms with E-state index in [1.165, 1.54) is 36.4 Å². The lowest BCUT2D eigenvalue weighted by Crippen LogP contribution is -2.42. The molecule has 5 nitrogen and oxygen atoms in total. The summed E-state index contributed by atoms with van der Waals surface area (Å²) in [5.41, 5.74) is 1.38. The van der Waals surface area contributed by atoms with Crippen molar-refractivity contribution >= 4 is 11.9 Å². The first-order chi connectivity index (χ1) is 11.5. The number of benzene rings is 2. The maximum Gasteiger partial charge on any atom is 0.335 e. The largest absolute Gasteiger partial charge is 0.478 e. The zero-order chi connectivity index (χ0) is 17.1. The van der Waals surface area contributed by atoms with Gasteiger partial charge in [-0.05, 0) is 42.0 Å². The Bertz CT molecular complexity index is 743. The van der Waals surface area contributed by atoms with Crippen molar-refractivity contribution in [2.24, 2.45) is 0 Å². The highest BCUT2D eigenvalue weighted by molar-refractivity contribution is 5.96. The van der Waals surface area contributed by atoms with Gasteiger partial charge >= 0.3 is 5.97 Å². The first-order valence-corrected chi connectivity index (χ1v) is 7.54. The van der Waals surface area contributed by atoms with Crippen LogP contribution in [0.25, 0.3) is 0 Å². The van der Waals surface area contributed by atoms with Crippen molar-refractivity contribution in [3.63, 3.8) is 0 Å². The van der Waals surface area contributed by atoms with E-state index in [0.717, 1.165) is 5.56 Å². The van der Waals surface area contributed by atoms with Crippen LogP contribution >= 0.6 is 0 Å². The minimum absolute atomic E-state index is 0.137. The van der Waals surface area contributed by atoms with Crippen LogP contribution in [-0.4, -0.2) is 41.6 Å². The summed E-state index contributed by atoms with van der Waals surface area (Å²) in [5, 5.41) is 8.90. The third-order valence-electron chi connectivity index (χ3n) is 3.97. The lowest BCUT2D eigenvalue weighted by atomic mass is 10.1. The number of amides is 1. The van der Waals surface area contributed by atoms with Crippen LogP contribution in [0.15, 0.2) is 48.5 Å². The van der Waals surface area contributed by atoms with E-state index in [2.05, 4.69) is 0 Å². The molecule has 2 aromatic carbocycles. The summed E-state index contributed by atoms with van der Waals surface area (Å²) in [6.07, 6.45) is -0.304. The van der Waals surface area contributed by atoms with E-state index in [0.29, 0.717) is 25.3 Å². The molecule has 1 heterocycles. The molecule has 1 N–H and O–H groups in total. The topological polar surface area (TPSA) is 66.8 Å². The van der Waals surface area contributed by atoms with Crippen LogP contribution in [0.3, 0.4) is 0 Å². The van der Waals surface area contributed by atoms with Crippen LogP contribution in [0.1, 0.15) is 32.4 Å². The fourth-order valence-corrected chi connectivity index (χ4v) is 2.65. The van der Waals surface area contributed by atoms with Crippen molar-refractivity contribution in [2.45, 2.75) is 6.10 Å². The number of halogens is 1. The van der Waals surface area contributed by atoms with Crippen LogP contribution in [0.2, 0.25) is 0 Å². The zero-order valence-corrected chi connectivity index (χ0v) is 12.8. The Morgan fingerprint density at radius 3 is 2.29 bits per heavy atom. The van der Waals surface area contributed by atoms with Crippen molar-refractivity contribution in [1.82, 2.24) is 4.90 Å². The molecule has 0 radical (unpaired) electrons. The summed E-state index contributed by atoms with van der Waals surface area (Å²) >= 11 is 0. The molecule has 0 bridgehead atoms. The van der Waals surface area contributed by atoms with E-state index in [-0.39, 0.29) is 23.4 Å². The second-order valence-corrected chi connectivity index (χ2v) is 5.54. The Kier molecular flexibility index (Phi) is 4.57. The van der Waals surface area contributed by atoms with Gasteiger partial charge in [-0.3, -0.25) is 4.79 Å². The van der Waals surface area contributed by atoms with Crippen LogP contribution in [0.5, 0.6) is 0 Å². The molecular weight excluding hydrogens is 313 g/mol. The number of carboxylic acids is 1. The molecular formula is C18H16FNO4.